The number of aliphatic hydroxyl groups is 2. The molecular formula is C12H15N3O6. The van der Waals surface area contributed by atoms with Gasteiger partial charge in [-0.05, 0) is 12.1 Å². The van der Waals surface area contributed by atoms with E-state index in [-0.39, 0.29) is 18.7 Å². The van der Waals surface area contributed by atoms with E-state index in [2.05, 4.69) is 10.3 Å². The smallest absolute Gasteiger partial charge is 0.269 e. The van der Waals surface area contributed by atoms with Gasteiger partial charge in [0.05, 0.1) is 6.10 Å². The van der Waals surface area contributed by atoms with Crippen molar-refractivity contribution >= 4 is 5.91 Å². The number of pyridine rings is 1. The van der Waals surface area contributed by atoms with E-state index in [1.807, 2.05) is 0 Å². The van der Waals surface area contributed by atoms with Gasteiger partial charge in [-0.2, -0.15) is 0 Å². The van der Waals surface area contributed by atoms with Gasteiger partial charge in [-0.1, -0.05) is 6.07 Å². The lowest BCUT2D eigenvalue weighted by Crippen LogP contribution is -2.53. The van der Waals surface area contributed by atoms with Gasteiger partial charge in [-0.3, -0.25) is 19.9 Å². The monoisotopic (exact) mass is 297 g/mol. The quantitative estimate of drug-likeness (QED) is 0.475. The number of amides is 1. The number of aromatic nitrogens is 1. The number of rotatable bonds is 4. The highest BCUT2D eigenvalue weighted by Crippen LogP contribution is 2.20. The minimum Gasteiger partial charge on any atom is -0.381 e. The summed E-state index contributed by atoms with van der Waals surface area (Å²) in [7, 11) is 0. The first-order valence-electron chi connectivity index (χ1n) is 6.33. The third kappa shape index (κ3) is 3.72. The van der Waals surface area contributed by atoms with E-state index in [1.165, 1.54) is 12.3 Å². The van der Waals surface area contributed by atoms with Crippen LogP contribution in [-0.4, -0.2) is 57.1 Å². The molecule has 9 heteroatoms. The predicted octanol–water partition coefficient (Wildman–Crippen LogP) is -1.08. The van der Waals surface area contributed by atoms with Crippen LogP contribution in [0.2, 0.25) is 0 Å². The molecule has 0 spiro atoms. The van der Waals surface area contributed by atoms with Gasteiger partial charge in [-0.15, -0.1) is 0 Å². The van der Waals surface area contributed by atoms with E-state index < -0.39 is 35.4 Å². The van der Waals surface area contributed by atoms with Crippen LogP contribution in [0.5, 0.6) is 0 Å². The van der Waals surface area contributed by atoms with E-state index in [9.17, 15) is 25.1 Å². The molecule has 4 atom stereocenters. The lowest BCUT2D eigenvalue weighted by atomic mass is 10.00. The first-order chi connectivity index (χ1) is 9.99. The van der Waals surface area contributed by atoms with Gasteiger partial charge in [0.2, 0.25) is 6.04 Å². The van der Waals surface area contributed by atoms with Gasteiger partial charge < -0.3 is 20.3 Å². The average Bonchev–Trinajstić information content (AvgIpc) is 2.48. The van der Waals surface area contributed by atoms with Gasteiger partial charge in [0.25, 0.3) is 5.91 Å². The predicted molar refractivity (Wildman–Crippen MR) is 68.9 cm³/mol. The van der Waals surface area contributed by atoms with Gasteiger partial charge in [-0.25, -0.2) is 0 Å². The Kier molecular flexibility index (Phi) is 4.78. The van der Waals surface area contributed by atoms with Crippen LogP contribution >= 0.6 is 0 Å². The van der Waals surface area contributed by atoms with Crippen LogP contribution in [0.25, 0.3) is 0 Å². The maximum atomic E-state index is 11.8. The summed E-state index contributed by atoms with van der Waals surface area (Å²) in [6.07, 6.45) is -2.62. The fourth-order valence-corrected chi connectivity index (χ4v) is 2.07. The molecule has 2 heterocycles. The Labute approximate surface area is 119 Å². The highest BCUT2D eigenvalue weighted by atomic mass is 16.6. The van der Waals surface area contributed by atoms with Crippen molar-refractivity contribution in [1.29, 1.82) is 0 Å². The van der Waals surface area contributed by atoms with Gasteiger partial charge in [0, 0.05) is 24.1 Å². The maximum Gasteiger partial charge on any atom is 0.269 e. The Hall–Kier alpha value is -2.10. The molecule has 1 aromatic heterocycles. The van der Waals surface area contributed by atoms with Crippen molar-refractivity contribution in [3.63, 3.8) is 0 Å². The van der Waals surface area contributed by atoms with Crippen LogP contribution in [0.4, 0.5) is 0 Å². The zero-order valence-electron chi connectivity index (χ0n) is 11.0. The highest BCUT2D eigenvalue weighted by molar-refractivity contribution is 5.92. The number of ether oxygens (including phenoxy) is 1. The molecule has 0 aliphatic carbocycles. The van der Waals surface area contributed by atoms with Crippen molar-refractivity contribution in [2.75, 3.05) is 6.54 Å². The summed E-state index contributed by atoms with van der Waals surface area (Å²) in [5, 5.41) is 32.2. The standard InChI is InChI=1S/C12H15N3O6/c16-10-9(15(19)20)5-7(21-12(10)18)6-14-11(17)8-3-1-2-4-13-8/h1-4,7,9-10,12,16,18H,5-6H2,(H,14,17)/t7-,9?,10?,12+/m0/s1. The molecule has 1 aliphatic rings. The minimum absolute atomic E-state index is 0.0243. The van der Waals surface area contributed by atoms with Gasteiger partial charge >= 0.3 is 0 Å². The second-order valence-electron chi connectivity index (χ2n) is 4.65. The lowest BCUT2D eigenvalue weighted by Gasteiger charge is -2.32. The molecule has 1 aromatic rings. The molecule has 1 amide bonds. The second kappa shape index (κ2) is 6.57. The number of aliphatic hydroxyl groups excluding tert-OH is 2. The van der Waals surface area contributed by atoms with Crippen LogP contribution in [0.15, 0.2) is 24.4 Å². The number of nitro groups is 1. The van der Waals surface area contributed by atoms with Crippen molar-refractivity contribution in [3.8, 4) is 0 Å². The number of carbonyl (C=O) groups excluding carboxylic acids is 1. The summed E-state index contributed by atoms with van der Waals surface area (Å²) in [5.41, 5.74) is 0.208. The fourth-order valence-electron chi connectivity index (χ4n) is 2.07. The first kappa shape index (κ1) is 15.3. The molecule has 0 aromatic carbocycles. The molecule has 3 N–H and O–H groups in total. The topological polar surface area (TPSA) is 135 Å². The van der Waals surface area contributed by atoms with E-state index in [1.54, 1.807) is 12.1 Å². The van der Waals surface area contributed by atoms with Gasteiger partial charge in [0.15, 0.2) is 12.4 Å². The molecule has 9 nitrogen and oxygen atoms in total. The molecule has 21 heavy (non-hydrogen) atoms. The molecule has 2 unspecified atom stereocenters. The van der Waals surface area contributed by atoms with Crippen LogP contribution < -0.4 is 5.32 Å². The highest BCUT2D eigenvalue weighted by Gasteiger charge is 2.43. The van der Waals surface area contributed by atoms with Crippen molar-refractivity contribution in [2.45, 2.75) is 31.0 Å². The molecule has 1 fully saturated rings. The van der Waals surface area contributed by atoms with Crippen LogP contribution in [-0.2, 0) is 4.74 Å². The van der Waals surface area contributed by atoms with Crippen molar-refractivity contribution < 1.29 is 24.7 Å². The number of nitrogens with one attached hydrogen (secondary N) is 1. The molecule has 1 saturated heterocycles. The third-order valence-electron chi connectivity index (χ3n) is 3.18. The summed E-state index contributed by atoms with van der Waals surface area (Å²) in [4.78, 5) is 25.8. The normalized spacial score (nSPS) is 28.9. The van der Waals surface area contributed by atoms with Crippen LogP contribution in [0.1, 0.15) is 16.9 Å². The number of hydrogen-bond acceptors (Lipinski definition) is 7. The summed E-state index contributed by atoms with van der Waals surface area (Å²) in [5.74, 6) is -0.447. The first-order valence-corrected chi connectivity index (χ1v) is 6.33. The molecule has 0 saturated carbocycles. The fraction of sp³-hybridized carbons (Fsp3) is 0.500. The Bertz CT molecular complexity index is 511. The summed E-state index contributed by atoms with van der Waals surface area (Å²) in [6.45, 7) is -0.0243. The lowest BCUT2D eigenvalue weighted by molar-refractivity contribution is -0.550. The van der Waals surface area contributed by atoms with E-state index in [0.29, 0.717) is 0 Å². The maximum absolute atomic E-state index is 11.8. The van der Waals surface area contributed by atoms with E-state index in [4.69, 9.17) is 4.74 Å². The molecular weight excluding hydrogens is 282 g/mol. The zero-order valence-corrected chi connectivity index (χ0v) is 11.0. The van der Waals surface area contributed by atoms with E-state index >= 15 is 0 Å². The average molecular weight is 297 g/mol. The Morgan fingerprint density at radius 1 is 1.52 bits per heavy atom. The van der Waals surface area contributed by atoms with Crippen molar-refractivity contribution in [3.05, 3.63) is 40.2 Å². The van der Waals surface area contributed by atoms with Crippen LogP contribution in [0, 0.1) is 10.1 Å². The second-order valence-corrected chi connectivity index (χ2v) is 4.65. The zero-order chi connectivity index (χ0) is 15.4. The Morgan fingerprint density at radius 2 is 2.29 bits per heavy atom. The Balaban J connectivity index is 1.91. The van der Waals surface area contributed by atoms with E-state index in [0.717, 1.165) is 0 Å². The number of carbonyl (C=O) groups is 1. The molecule has 1 aliphatic heterocycles. The van der Waals surface area contributed by atoms with Crippen molar-refractivity contribution in [1.82, 2.24) is 10.3 Å². The molecule has 0 bridgehead atoms. The molecule has 0 radical (unpaired) electrons. The number of nitrogens with zero attached hydrogens (tertiary/aromatic N) is 2. The third-order valence-corrected chi connectivity index (χ3v) is 3.18. The Morgan fingerprint density at radius 3 is 2.90 bits per heavy atom. The van der Waals surface area contributed by atoms with Crippen LogP contribution in [0.3, 0.4) is 0 Å². The van der Waals surface area contributed by atoms with Crippen molar-refractivity contribution in [2.24, 2.45) is 0 Å². The SMILES string of the molecule is O=C(NC[C@@H]1CC([N+](=O)[O-])C(O)[C@H](O)O1)c1ccccn1. The largest absolute Gasteiger partial charge is 0.381 e. The van der Waals surface area contributed by atoms with Gasteiger partial charge in [0.1, 0.15) is 5.69 Å². The number of hydrogen-bond donors (Lipinski definition) is 3. The molecule has 114 valence electrons. The summed E-state index contributed by atoms with van der Waals surface area (Å²) in [6, 6.07) is 3.52. The molecule has 2 rings (SSSR count). The minimum atomic E-state index is -1.65. The summed E-state index contributed by atoms with van der Waals surface area (Å²) >= 11 is 0. The summed E-state index contributed by atoms with van der Waals surface area (Å²) < 4.78 is 5.03.